The molecule has 0 aliphatic heterocycles. The van der Waals surface area contributed by atoms with Crippen LogP contribution in [0.3, 0.4) is 0 Å². The van der Waals surface area contributed by atoms with Crippen LogP contribution in [0.1, 0.15) is 13.8 Å². The van der Waals surface area contributed by atoms with E-state index in [4.69, 9.17) is 14.2 Å². The SMILES string of the molecule is CSC(OC(C)=O)OC(OC(C)=O)SC. The summed E-state index contributed by atoms with van der Waals surface area (Å²) in [5.74, 6) is -0.894. The highest BCUT2D eigenvalue weighted by atomic mass is 32.2. The minimum atomic E-state index is -0.765. The quantitative estimate of drug-likeness (QED) is 0.524. The highest BCUT2D eigenvalue weighted by Crippen LogP contribution is 2.19. The minimum absolute atomic E-state index is 0.447. The van der Waals surface area contributed by atoms with Crippen LogP contribution in [0.15, 0.2) is 0 Å². The molecule has 0 N–H and O–H groups in total. The summed E-state index contributed by atoms with van der Waals surface area (Å²) in [5, 5.41) is 0. The van der Waals surface area contributed by atoms with Crippen molar-refractivity contribution in [2.75, 3.05) is 12.5 Å². The topological polar surface area (TPSA) is 61.8 Å². The lowest BCUT2D eigenvalue weighted by Gasteiger charge is -2.20. The van der Waals surface area contributed by atoms with Gasteiger partial charge in [0, 0.05) is 13.8 Å². The fourth-order valence-corrected chi connectivity index (χ4v) is 1.58. The maximum absolute atomic E-state index is 10.7. The van der Waals surface area contributed by atoms with Gasteiger partial charge in [-0.15, -0.1) is 0 Å². The Morgan fingerprint density at radius 3 is 1.47 bits per heavy atom. The summed E-state index contributed by atoms with van der Waals surface area (Å²) >= 11 is 2.40. The van der Waals surface area contributed by atoms with E-state index in [1.165, 1.54) is 37.4 Å². The van der Waals surface area contributed by atoms with Gasteiger partial charge in [0.2, 0.25) is 0 Å². The molecule has 7 heteroatoms. The molecule has 0 fully saturated rings. The molecular formula is C8H14O5S2. The molecule has 15 heavy (non-hydrogen) atoms. The summed E-state index contributed by atoms with van der Waals surface area (Å²) in [6, 6.07) is 0. The standard InChI is InChI=1S/C8H14O5S2/c1-5(9)11-7(14-3)13-8(15-4)12-6(2)10/h7-8H,1-4H3. The molecule has 0 aromatic rings. The second-order valence-electron chi connectivity index (χ2n) is 2.40. The van der Waals surface area contributed by atoms with Crippen molar-refractivity contribution in [3.63, 3.8) is 0 Å². The van der Waals surface area contributed by atoms with E-state index in [1.54, 1.807) is 12.5 Å². The third-order valence-corrected chi connectivity index (χ3v) is 2.32. The lowest BCUT2D eigenvalue weighted by molar-refractivity contribution is -0.188. The number of esters is 2. The summed E-state index contributed by atoms with van der Waals surface area (Å²) in [5.41, 5.74) is -1.53. The fourth-order valence-electron chi connectivity index (χ4n) is 0.625. The number of rotatable bonds is 6. The van der Waals surface area contributed by atoms with Crippen LogP contribution in [0.2, 0.25) is 0 Å². The van der Waals surface area contributed by atoms with Crippen molar-refractivity contribution < 1.29 is 23.8 Å². The zero-order chi connectivity index (χ0) is 11.8. The number of carbonyl (C=O) groups is 2. The van der Waals surface area contributed by atoms with E-state index in [-0.39, 0.29) is 0 Å². The molecule has 0 heterocycles. The molecule has 0 bridgehead atoms. The number of thioether (sulfide) groups is 2. The molecule has 2 atom stereocenters. The highest BCUT2D eigenvalue weighted by molar-refractivity contribution is 7.99. The summed E-state index contributed by atoms with van der Waals surface area (Å²) in [6.07, 6.45) is 3.44. The lowest BCUT2D eigenvalue weighted by atomic mass is 10.8. The van der Waals surface area contributed by atoms with Gasteiger partial charge < -0.3 is 9.47 Å². The van der Waals surface area contributed by atoms with Crippen molar-refractivity contribution >= 4 is 35.5 Å². The minimum Gasteiger partial charge on any atom is -0.426 e. The summed E-state index contributed by atoms with van der Waals surface area (Å²) in [7, 11) is 0. The zero-order valence-electron chi connectivity index (χ0n) is 9.01. The smallest absolute Gasteiger partial charge is 0.305 e. The van der Waals surface area contributed by atoms with Gasteiger partial charge in [0.1, 0.15) is 0 Å². The number of ether oxygens (including phenoxy) is 3. The van der Waals surface area contributed by atoms with Crippen LogP contribution in [0, 0.1) is 0 Å². The Kier molecular flexibility index (Phi) is 7.63. The van der Waals surface area contributed by atoms with Crippen molar-refractivity contribution in [2.24, 2.45) is 0 Å². The van der Waals surface area contributed by atoms with Crippen molar-refractivity contribution in [2.45, 2.75) is 25.1 Å². The molecule has 2 unspecified atom stereocenters. The van der Waals surface area contributed by atoms with E-state index >= 15 is 0 Å². The maximum Gasteiger partial charge on any atom is 0.305 e. The molecule has 0 saturated carbocycles. The first-order valence-corrected chi connectivity index (χ1v) is 6.62. The molecule has 0 rings (SSSR count). The van der Waals surface area contributed by atoms with Crippen LogP contribution >= 0.6 is 23.5 Å². The molecule has 0 spiro atoms. The van der Waals surface area contributed by atoms with Crippen LogP contribution in [0.5, 0.6) is 0 Å². The fraction of sp³-hybridized carbons (Fsp3) is 0.750. The van der Waals surface area contributed by atoms with Crippen molar-refractivity contribution in [1.29, 1.82) is 0 Å². The first kappa shape index (κ1) is 14.6. The molecule has 5 nitrogen and oxygen atoms in total. The third-order valence-electron chi connectivity index (χ3n) is 1.13. The van der Waals surface area contributed by atoms with Gasteiger partial charge in [0.15, 0.2) is 0 Å². The van der Waals surface area contributed by atoms with E-state index in [0.29, 0.717) is 0 Å². The van der Waals surface area contributed by atoms with Crippen LogP contribution in [0.25, 0.3) is 0 Å². The second-order valence-corrected chi connectivity index (χ2v) is 4.12. The summed E-state index contributed by atoms with van der Waals surface area (Å²) in [6.45, 7) is 2.57. The predicted molar refractivity (Wildman–Crippen MR) is 59.2 cm³/mol. The van der Waals surface area contributed by atoms with Crippen LogP contribution in [-0.2, 0) is 23.8 Å². The molecule has 0 aliphatic rings. The Labute approximate surface area is 97.2 Å². The van der Waals surface area contributed by atoms with Gasteiger partial charge in [-0.2, -0.15) is 0 Å². The van der Waals surface area contributed by atoms with Gasteiger partial charge in [-0.05, 0) is 12.5 Å². The first-order chi connectivity index (χ1) is 6.99. The van der Waals surface area contributed by atoms with Crippen LogP contribution < -0.4 is 0 Å². The molecule has 88 valence electrons. The summed E-state index contributed by atoms with van der Waals surface area (Å²) < 4.78 is 14.8. The van der Waals surface area contributed by atoms with Gasteiger partial charge in [-0.1, -0.05) is 23.5 Å². The Morgan fingerprint density at radius 2 is 1.27 bits per heavy atom. The number of carbonyl (C=O) groups excluding carboxylic acids is 2. The van der Waals surface area contributed by atoms with Crippen LogP contribution in [-0.4, -0.2) is 35.7 Å². The number of hydrogen-bond acceptors (Lipinski definition) is 7. The monoisotopic (exact) mass is 254 g/mol. The average molecular weight is 254 g/mol. The van der Waals surface area contributed by atoms with E-state index in [0.717, 1.165) is 0 Å². The second kappa shape index (κ2) is 7.84. The van der Waals surface area contributed by atoms with Gasteiger partial charge in [0.25, 0.3) is 11.2 Å². The lowest BCUT2D eigenvalue weighted by Crippen LogP contribution is -2.24. The maximum atomic E-state index is 10.7. The van der Waals surface area contributed by atoms with Gasteiger partial charge in [-0.3, -0.25) is 14.3 Å². The molecule has 0 aromatic carbocycles. The molecule has 0 radical (unpaired) electrons. The molecular weight excluding hydrogens is 240 g/mol. The van der Waals surface area contributed by atoms with E-state index < -0.39 is 23.2 Å². The van der Waals surface area contributed by atoms with Crippen molar-refractivity contribution in [1.82, 2.24) is 0 Å². The average Bonchev–Trinajstić information content (AvgIpc) is 2.14. The highest BCUT2D eigenvalue weighted by Gasteiger charge is 2.19. The Morgan fingerprint density at radius 1 is 0.933 bits per heavy atom. The van der Waals surface area contributed by atoms with Crippen molar-refractivity contribution in [3.05, 3.63) is 0 Å². The van der Waals surface area contributed by atoms with Gasteiger partial charge in [0.05, 0.1) is 0 Å². The predicted octanol–water partition coefficient (Wildman–Crippen LogP) is 1.42. The largest absolute Gasteiger partial charge is 0.426 e. The van der Waals surface area contributed by atoms with Gasteiger partial charge >= 0.3 is 11.9 Å². The Bertz CT molecular complexity index is 199. The third kappa shape index (κ3) is 7.52. The zero-order valence-corrected chi connectivity index (χ0v) is 10.6. The van der Waals surface area contributed by atoms with Gasteiger partial charge in [-0.25, -0.2) is 0 Å². The molecule has 0 aliphatic carbocycles. The van der Waals surface area contributed by atoms with E-state index in [1.807, 2.05) is 0 Å². The first-order valence-electron chi connectivity index (χ1n) is 4.05. The molecule has 0 aromatic heterocycles. The summed E-state index contributed by atoms with van der Waals surface area (Å²) in [4.78, 5) is 21.3. The Hall–Kier alpha value is -0.400. The van der Waals surface area contributed by atoms with E-state index in [9.17, 15) is 9.59 Å². The van der Waals surface area contributed by atoms with Crippen molar-refractivity contribution in [3.8, 4) is 0 Å². The van der Waals surface area contributed by atoms with E-state index in [2.05, 4.69) is 0 Å². The van der Waals surface area contributed by atoms with Crippen LogP contribution in [0.4, 0.5) is 0 Å². The molecule has 0 amide bonds. The molecule has 0 saturated heterocycles. The normalized spacial score (nSPS) is 14.1. The number of hydrogen-bond donors (Lipinski definition) is 0. The Balaban J connectivity index is 4.10.